The molecule has 0 aromatic heterocycles. The highest BCUT2D eigenvalue weighted by Gasteiger charge is 2.29. The molecule has 6 nitrogen and oxygen atoms in total. The fourth-order valence-corrected chi connectivity index (χ4v) is 4.38. The van der Waals surface area contributed by atoms with E-state index < -0.39 is 6.09 Å². The van der Waals surface area contributed by atoms with E-state index in [0.29, 0.717) is 12.2 Å². The van der Waals surface area contributed by atoms with E-state index in [1.807, 2.05) is 36.4 Å². The summed E-state index contributed by atoms with van der Waals surface area (Å²) in [7, 11) is 0. The number of hydrogen-bond donors (Lipinski definition) is 1. The summed E-state index contributed by atoms with van der Waals surface area (Å²) in [5.74, 6) is -0.669. The van der Waals surface area contributed by atoms with Gasteiger partial charge in [0.1, 0.15) is 6.61 Å². The molecule has 1 heterocycles. The second-order valence-electron chi connectivity index (χ2n) is 8.05. The predicted octanol–water partition coefficient (Wildman–Crippen LogP) is 4.67. The lowest BCUT2D eigenvalue weighted by Crippen LogP contribution is -2.29. The van der Waals surface area contributed by atoms with Gasteiger partial charge in [-0.15, -0.1) is 0 Å². The van der Waals surface area contributed by atoms with Crippen molar-refractivity contribution in [3.05, 3.63) is 108 Å². The molecule has 0 bridgehead atoms. The SMILES string of the molecule is O=C(NCC=Cc1ccc(N2C(=O)C=CC2=O)cc1)OCC1c2ccccc2-c2ccccc21. The number of ether oxygens (including phenoxy) is 1. The van der Waals surface area contributed by atoms with E-state index in [1.165, 1.54) is 34.4 Å². The molecule has 1 aliphatic carbocycles. The number of rotatable bonds is 6. The third-order valence-electron chi connectivity index (χ3n) is 5.98. The molecule has 1 N–H and O–H groups in total. The molecule has 0 fully saturated rings. The van der Waals surface area contributed by atoms with Gasteiger partial charge in [0, 0.05) is 24.6 Å². The van der Waals surface area contributed by atoms with Crippen molar-refractivity contribution in [2.24, 2.45) is 0 Å². The van der Waals surface area contributed by atoms with E-state index >= 15 is 0 Å². The summed E-state index contributed by atoms with van der Waals surface area (Å²) in [6, 6.07) is 23.5. The van der Waals surface area contributed by atoms with Gasteiger partial charge < -0.3 is 10.1 Å². The van der Waals surface area contributed by atoms with Crippen molar-refractivity contribution in [3.63, 3.8) is 0 Å². The Hall–Kier alpha value is -4.45. The Balaban J connectivity index is 1.13. The molecule has 0 atom stereocenters. The molecule has 0 radical (unpaired) electrons. The van der Waals surface area contributed by atoms with Crippen LogP contribution in [0.5, 0.6) is 0 Å². The summed E-state index contributed by atoms with van der Waals surface area (Å²) in [6.07, 6.45) is 5.69. The molecule has 34 heavy (non-hydrogen) atoms. The molecule has 3 amide bonds. The first-order valence-corrected chi connectivity index (χ1v) is 11.0. The largest absolute Gasteiger partial charge is 0.449 e. The molecule has 2 aliphatic rings. The molecular weight excluding hydrogens is 428 g/mol. The molecule has 0 unspecified atom stereocenters. The fraction of sp³-hybridized carbons (Fsp3) is 0.107. The number of carbonyl (C=O) groups excluding carboxylic acids is 3. The first-order valence-electron chi connectivity index (χ1n) is 11.0. The number of carbonyl (C=O) groups is 3. The molecular formula is C28H22N2O4. The summed E-state index contributed by atoms with van der Waals surface area (Å²) < 4.78 is 5.53. The lowest BCUT2D eigenvalue weighted by Gasteiger charge is -2.14. The highest BCUT2D eigenvalue weighted by molar-refractivity contribution is 6.28. The van der Waals surface area contributed by atoms with Crippen molar-refractivity contribution in [3.8, 4) is 11.1 Å². The van der Waals surface area contributed by atoms with Gasteiger partial charge in [-0.05, 0) is 39.9 Å². The van der Waals surface area contributed by atoms with Crippen LogP contribution in [0, 0.1) is 0 Å². The van der Waals surface area contributed by atoms with Crippen LogP contribution in [-0.2, 0) is 14.3 Å². The van der Waals surface area contributed by atoms with Crippen molar-refractivity contribution < 1.29 is 19.1 Å². The smallest absolute Gasteiger partial charge is 0.407 e. The maximum absolute atomic E-state index is 12.2. The number of nitrogens with one attached hydrogen (secondary N) is 1. The van der Waals surface area contributed by atoms with Crippen molar-refractivity contribution in [1.82, 2.24) is 5.32 Å². The maximum Gasteiger partial charge on any atom is 0.407 e. The van der Waals surface area contributed by atoms with E-state index in [0.717, 1.165) is 10.5 Å². The van der Waals surface area contributed by atoms with Crippen LogP contribution in [0.2, 0.25) is 0 Å². The Morgan fingerprint density at radius 3 is 2.06 bits per heavy atom. The highest BCUT2D eigenvalue weighted by Crippen LogP contribution is 2.44. The first kappa shape index (κ1) is 21.4. The minimum atomic E-state index is -0.472. The molecule has 3 aromatic rings. The number of benzene rings is 3. The van der Waals surface area contributed by atoms with Crippen LogP contribution in [-0.4, -0.2) is 31.1 Å². The first-order chi connectivity index (χ1) is 16.6. The minimum Gasteiger partial charge on any atom is -0.449 e. The summed E-state index contributed by atoms with van der Waals surface area (Å²) in [5.41, 5.74) is 6.13. The van der Waals surface area contributed by atoms with E-state index in [2.05, 4.69) is 29.6 Å². The lowest BCUT2D eigenvalue weighted by atomic mass is 9.98. The summed E-state index contributed by atoms with van der Waals surface area (Å²) >= 11 is 0. The number of anilines is 1. The molecule has 0 spiro atoms. The van der Waals surface area contributed by atoms with Crippen LogP contribution < -0.4 is 10.2 Å². The maximum atomic E-state index is 12.2. The Labute approximate surface area is 197 Å². The Morgan fingerprint density at radius 1 is 0.853 bits per heavy atom. The van der Waals surface area contributed by atoms with Crippen LogP contribution in [0.3, 0.4) is 0 Å². The number of hydrogen-bond acceptors (Lipinski definition) is 4. The number of amides is 3. The average molecular weight is 450 g/mol. The van der Waals surface area contributed by atoms with Crippen molar-refractivity contribution in [2.75, 3.05) is 18.1 Å². The Kier molecular flexibility index (Phi) is 5.79. The number of alkyl carbamates (subject to hydrolysis) is 1. The predicted molar refractivity (Wildman–Crippen MR) is 130 cm³/mol. The Bertz CT molecular complexity index is 1260. The van der Waals surface area contributed by atoms with Crippen LogP contribution in [0.25, 0.3) is 17.2 Å². The monoisotopic (exact) mass is 450 g/mol. The van der Waals surface area contributed by atoms with E-state index in [4.69, 9.17) is 4.74 Å². The van der Waals surface area contributed by atoms with E-state index in [9.17, 15) is 14.4 Å². The summed E-state index contributed by atoms with van der Waals surface area (Å²) in [6.45, 7) is 0.583. The third-order valence-corrected chi connectivity index (χ3v) is 5.98. The van der Waals surface area contributed by atoms with Gasteiger partial charge in [-0.2, -0.15) is 0 Å². The van der Waals surface area contributed by atoms with Gasteiger partial charge in [0.05, 0.1) is 5.69 Å². The zero-order chi connectivity index (χ0) is 23.5. The summed E-state index contributed by atoms with van der Waals surface area (Å²) in [4.78, 5) is 36.9. The van der Waals surface area contributed by atoms with Gasteiger partial charge in [0.15, 0.2) is 0 Å². The number of nitrogens with zero attached hydrogens (tertiary/aromatic N) is 1. The molecule has 0 saturated carbocycles. The van der Waals surface area contributed by atoms with Crippen LogP contribution in [0.15, 0.2) is 91.0 Å². The van der Waals surface area contributed by atoms with E-state index in [1.54, 1.807) is 24.3 Å². The van der Waals surface area contributed by atoms with Crippen LogP contribution in [0.1, 0.15) is 22.6 Å². The van der Waals surface area contributed by atoms with Crippen LogP contribution >= 0.6 is 0 Å². The fourth-order valence-electron chi connectivity index (χ4n) is 4.38. The number of imide groups is 1. The van der Waals surface area contributed by atoms with Gasteiger partial charge in [-0.3, -0.25) is 9.59 Å². The van der Waals surface area contributed by atoms with Crippen molar-refractivity contribution >= 4 is 29.7 Å². The van der Waals surface area contributed by atoms with Gasteiger partial charge >= 0.3 is 6.09 Å². The van der Waals surface area contributed by atoms with Gasteiger partial charge in [0.25, 0.3) is 11.8 Å². The highest BCUT2D eigenvalue weighted by atomic mass is 16.5. The number of fused-ring (bicyclic) bond motifs is 3. The minimum absolute atomic E-state index is 0.0248. The summed E-state index contributed by atoms with van der Waals surface area (Å²) in [5, 5.41) is 2.74. The second-order valence-corrected chi connectivity index (χ2v) is 8.05. The zero-order valence-corrected chi connectivity index (χ0v) is 18.3. The average Bonchev–Trinajstić information content (AvgIpc) is 3.37. The molecule has 168 valence electrons. The van der Waals surface area contributed by atoms with Gasteiger partial charge in [-0.1, -0.05) is 72.8 Å². The van der Waals surface area contributed by atoms with E-state index in [-0.39, 0.29) is 24.3 Å². The zero-order valence-electron chi connectivity index (χ0n) is 18.3. The van der Waals surface area contributed by atoms with Gasteiger partial charge in [-0.25, -0.2) is 9.69 Å². The van der Waals surface area contributed by atoms with Crippen LogP contribution in [0.4, 0.5) is 10.5 Å². The third kappa shape index (κ3) is 4.13. The molecule has 6 heteroatoms. The quantitative estimate of drug-likeness (QED) is 0.554. The molecule has 1 aliphatic heterocycles. The molecule has 5 rings (SSSR count). The molecule has 3 aromatic carbocycles. The molecule has 0 saturated heterocycles. The normalized spacial score (nSPS) is 14.5. The standard InChI is InChI=1S/C28H22N2O4/c31-26-15-16-27(32)30(26)20-13-11-19(12-14-20)6-5-17-29-28(33)34-18-25-23-9-3-1-7-21(23)22-8-2-4-10-24(22)25/h1-16,25H,17-18H2,(H,29,33). The Morgan fingerprint density at radius 2 is 1.44 bits per heavy atom. The van der Waals surface area contributed by atoms with Crippen molar-refractivity contribution in [2.45, 2.75) is 5.92 Å². The van der Waals surface area contributed by atoms with Crippen molar-refractivity contribution in [1.29, 1.82) is 0 Å². The van der Waals surface area contributed by atoms with Gasteiger partial charge in [0.2, 0.25) is 0 Å². The second kappa shape index (κ2) is 9.19. The lowest BCUT2D eigenvalue weighted by molar-refractivity contribution is -0.119. The topological polar surface area (TPSA) is 75.7 Å².